The summed E-state index contributed by atoms with van der Waals surface area (Å²) in [5.41, 5.74) is 0.158. The third-order valence-electron chi connectivity index (χ3n) is 4.73. The first-order chi connectivity index (χ1) is 14.5. The van der Waals surface area contributed by atoms with Crippen LogP contribution in [0.3, 0.4) is 0 Å². The highest BCUT2D eigenvalue weighted by Crippen LogP contribution is 2.13. The molecular weight excluding hydrogens is 389 g/mol. The SMILES string of the molecule is CC(CC(=O)NCc1ccco1)Cc1nnc2c(=O)n(-c3cccc(F)c3)ccn12. The number of hydrogen-bond acceptors (Lipinski definition) is 5. The number of carbonyl (C=O) groups excluding carboxylic acids is 1. The summed E-state index contributed by atoms with van der Waals surface area (Å²) in [5, 5.41) is 10.9. The van der Waals surface area contributed by atoms with Crippen molar-refractivity contribution in [3.8, 4) is 5.69 Å². The minimum atomic E-state index is -0.430. The van der Waals surface area contributed by atoms with Crippen LogP contribution in [0.5, 0.6) is 0 Å². The summed E-state index contributed by atoms with van der Waals surface area (Å²) in [6, 6.07) is 9.33. The molecule has 0 aliphatic carbocycles. The summed E-state index contributed by atoms with van der Waals surface area (Å²) in [4.78, 5) is 24.9. The highest BCUT2D eigenvalue weighted by atomic mass is 19.1. The minimum Gasteiger partial charge on any atom is -0.467 e. The fraction of sp³-hybridized carbons (Fsp3) is 0.238. The standard InChI is InChI=1S/C21H20FN5O3/c1-14(11-19(28)23-13-17-6-3-9-30-17)10-18-24-25-20-21(29)26(7-8-27(18)20)16-5-2-4-15(22)12-16/h2-9,12,14H,10-11,13H2,1H3,(H,23,28). The van der Waals surface area contributed by atoms with E-state index >= 15 is 0 Å². The van der Waals surface area contributed by atoms with Gasteiger partial charge in [0.2, 0.25) is 11.6 Å². The molecule has 1 amide bonds. The molecule has 1 atom stereocenters. The Kier molecular flexibility index (Phi) is 5.42. The number of rotatable bonds is 7. The van der Waals surface area contributed by atoms with Crippen molar-refractivity contribution in [1.29, 1.82) is 0 Å². The number of carbonyl (C=O) groups is 1. The monoisotopic (exact) mass is 409 g/mol. The maximum atomic E-state index is 13.5. The molecule has 154 valence electrons. The Morgan fingerprint density at radius 3 is 2.87 bits per heavy atom. The largest absolute Gasteiger partial charge is 0.467 e. The van der Waals surface area contributed by atoms with E-state index in [-0.39, 0.29) is 17.5 Å². The van der Waals surface area contributed by atoms with Gasteiger partial charge < -0.3 is 9.73 Å². The van der Waals surface area contributed by atoms with Crippen LogP contribution in [0.2, 0.25) is 0 Å². The first kappa shape index (κ1) is 19.6. The van der Waals surface area contributed by atoms with Crippen molar-refractivity contribution < 1.29 is 13.6 Å². The van der Waals surface area contributed by atoms with Gasteiger partial charge in [0.1, 0.15) is 17.4 Å². The number of halogens is 1. The van der Waals surface area contributed by atoms with Crippen molar-refractivity contribution in [2.24, 2.45) is 5.92 Å². The Bertz CT molecular complexity index is 1230. The third kappa shape index (κ3) is 4.14. The van der Waals surface area contributed by atoms with Gasteiger partial charge in [-0.05, 0) is 36.2 Å². The summed E-state index contributed by atoms with van der Waals surface area (Å²) < 4.78 is 21.6. The lowest BCUT2D eigenvalue weighted by atomic mass is 10.0. The van der Waals surface area contributed by atoms with E-state index in [4.69, 9.17) is 4.42 Å². The van der Waals surface area contributed by atoms with E-state index in [0.717, 1.165) is 0 Å². The van der Waals surface area contributed by atoms with E-state index in [0.29, 0.717) is 36.7 Å². The number of amides is 1. The van der Waals surface area contributed by atoms with Gasteiger partial charge in [0.25, 0.3) is 0 Å². The van der Waals surface area contributed by atoms with E-state index in [2.05, 4.69) is 15.5 Å². The molecule has 0 spiro atoms. The van der Waals surface area contributed by atoms with Crippen LogP contribution in [0, 0.1) is 11.7 Å². The molecule has 0 saturated carbocycles. The van der Waals surface area contributed by atoms with Crippen molar-refractivity contribution in [3.05, 3.63) is 82.8 Å². The van der Waals surface area contributed by atoms with Gasteiger partial charge in [-0.3, -0.25) is 18.6 Å². The van der Waals surface area contributed by atoms with Gasteiger partial charge >= 0.3 is 5.56 Å². The first-order valence-electron chi connectivity index (χ1n) is 9.51. The molecule has 0 aliphatic heterocycles. The van der Waals surface area contributed by atoms with Crippen molar-refractivity contribution in [2.75, 3.05) is 0 Å². The second-order valence-electron chi connectivity index (χ2n) is 7.13. The van der Waals surface area contributed by atoms with Crippen LogP contribution in [-0.2, 0) is 17.8 Å². The molecule has 0 fully saturated rings. The molecule has 0 saturated heterocycles. The molecule has 0 aliphatic rings. The number of furan rings is 1. The molecule has 1 N–H and O–H groups in total. The van der Waals surface area contributed by atoms with Crippen LogP contribution in [0.15, 0.2) is 64.3 Å². The van der Waals surface area contributed by atoms with Crippen LogP contribution >= 0.6 is 0 Å². The molecular formula is C21H20FN5O3. The molecule has 3 heterocycles. The Balaban J connectivity index is 1.46. The van der Waals surface area contributed by atoms with Crippen molar-refractivity contribution in [2.45, 2.75) is 26.3 Å². The minimum absolute atomic E-state index is 0.0142. The first-order valence-corrected chi connectivity index (χ1v) is 9.51. The predicted molar refractivity (Wildman–Crippen MR) is 107 cm³/mol. The lowest BCUT2D eigenvalue weighted by Gasteiger charge is -2.11. The van der Waals surface area contributed by atoms with Crippen molar-refractivity contribution in [1.82, 2.24) is 24.5 Å². The maximum absolute atomic E-state index is 13.5. The average molecular weight is 409 g/mol. The quantitative estimate of drug-likeness (QED) is 0.506. The van der Waals surface area contributed by atoms with E-state index in [9.17, 15) is 14.0 Å². The van der Waals surface area contributed by atoms with E-state index in [1.807, 2.05) is 6.92 Å². The average Bonchev–Trinajstić information content (AvgIpc) is 3.37. The molecule has 1 unspecified atom stereocenters. The van der Waals surface area contributed by atoms with Gasteiger partial charge in [0.15, 0.2) is 0 Å². The second-order valence-corrected chi connectivity index (χ2v) is 7.13. The lowest BCUT2D eigenvalue weighted by molar-refractivity contribution is -0.122. The van der Waals surface area contributed by atoms with Gasteiger partial charge in [0.05, 0.1) is 18.5 Å². The van der Waals surface area contributed by atoms with Crippen molar-refractivity contribution >= 4 is 11.6 Å². The molecule has 0 bridgehead atoms. The van der Waals surface area contributed by atoms with Crippen LogP contribution in [-0.4, -0.2) is 25.1 Å². The predicted octanol–water partition coefficient (Wildman–Crippen LogP) is 2.50. The number of fused-ring (bicyclic) bond motifs is 1. The second kappa shape index (κ2) is 8.32. The Labute approximate surface area is 171 Å². The molecule has 1 aromatic carbocycles. The summed E-state index contributed by atoms with van der Waals surface area (Å²) in [5.74, 6) is 0.732. The van der Waals surface area contributed by atoms with Crippen LogP contribution < -0.4 is 10.9 Å². The van der Waals surface area contributed by atoms with E-state index in [1.54, 1.807) is 41.3 Å². The fourth-order valence-electron chi connectivity index (χ4n) is 3.27. The smallest absolute Gasteiger partial charge is 0.300 e. The zero-order valence-corrected chi connectivity index (χ0v) is 16.3. The highest BCUT2D eigenvalue weighted by molar-refractivity contribution is 5.76. The topological polar surface area (TPSA) is 94.4 Å². The fourth-order valence-corrected chi connectivity index (χ4v) is 3.27. The van der Waals surface area contributed by atoms with Gasteiger partial charge in [-0.1, -0.05) is 13.0 Å². The molecule has 9 heteroatoms. The van der Waals surface area contributed by atoms with Gasteiger partial charge in [-0.2, -0.15) is 0 Å². The highest BCUT2D eigenvalue weighted by Gasteiger charge is 2.16. The summed E-state index contributed by atoms with van der Waals surface area (Å²) >= 11 is 0. The number of benzene rings is 1. The Morgan fingerprint density at radius 2 is 2.10 bits per heavy atom. The van der Waals surface area contributed by atoms with Gasteiger partial charge in [0, 0.05) is 25.2 Å². The van der Waals surface area contributed by atoms with Gasteiger partial charge in [-0.15, -0.1) is 10.2 Å². The number of hydrogen-bond donors (Lipinski definition) is 1. The summed E-state index contributed by atoms with van der Waals surface area (Å²) in [6.07, 6.45) is 5.55. The molecule has 4 rings (SSSR count). The maximum Gasteiger partial charge on any atom is 0.300 e. The van der Waals surface area contributed by atoms with Crippen molar-refractivity contribution in [3.63, 3.8) is 0 Å². The zero-order valence-electron chi connectivity index (χ0n) is 16.3. The summed E-state index contributed by atoms with van der Waals surface area (Å²) in [6.45, 7) is 2.27. The van der Waals surface area contributed by atoms with Crippen LogP contribution in [0.25, 0.3) is 11.3 Å². The normalized spacial score (nSPS) is 12.2. The Hall–Kier alpha value is -3.75. The van der Waals surface area contributed by atoms with Gasteiger partial charge in [-0.25, -0.2) is 4.39 Å². The van der Waals surface area contributed by atoms with Crippen LogP contribution in [0.1, 0.15) is 24.9 Å². The summed E-state index contributed by atoms with van der Waals surface area (Å²) in [7, 11) is 0. The molecule has 30 heavy (non-hydrogen) atoms. The lowest BCUT2D eigenvalue weighted by Crippen LogP contribution is -2.25. The number of nitrogens with zero attached hydrogens (tertiary/aromatic N) is 4. The third-order valence-corrected chi connectivity index (χ3v) is 4.73. The molecule has 0 radical (unpaired) electrons. The van der Waals surface area contributed by atoms with E-state index < -0.39 is 11.4 Å². The Morgan fingerprint density at radius 1 is 1.23 bits per heavy atom. The number of nitrogens with one attached hydrogen (secondary N) is 1. The number of aromatic nitrogens is 4. The van der Waals surface area contributed by atoms with E-state index in [1.165, 1.54) is 22.8 Å². The molecule has 3 aromatic heterocycles. The molecule has 8 nitrogen and oxygen atoms in total. The van der Waals surface area contributed by atoms with Crippen LogP contribution in [0.4, 0.5) is 4.39 Å². The zero-order chi connectivity index (χ0) is 21.1. The molecule has 4 aromatic rings.